The molecule has 2 aromatic heterocycles. The van der Waals surface area contributed by atoms with Crippen LogP contribution in [0.2, 0.25) is 10.0 Å². The summed E-state index contributed by atoms with van der Waals surface area (Å²) in [5, 5.41) is 0.684. The van der Waals surface area contributed by atoms with E-state index in [1.807, 2.05) is 24.3 Å². The minimum Gasteiger partial charge on any atom is -0.497 e. The molecule has 4 aromatic rings. The Bertz CT molecular complexity index is 1640. The first-order valence-electron chi connectivity index (χ1n) is 10.9. The summed E-state index contributed by atoms with van der Waals surface area (Å²) in [7, 11) is 1.59. The first-order valence-corrected chi connectivity index (χ1v) is 12.8. The van der Waals surface area contributed by atoms with E-state index in [1.165, 1.54) is 21.4 Å². The Morgan fingerprint density at radius 2 is 1.86 bits per heavy atom. The summed E-state index contributed by atoms with van der Waals surface area (Å²) in [4.78, 5) is 33.0. The molecule has 186 valence electrons. The van der Waals surface area contributed by atoms with Crippen LogP contribution in [-0.2, 0) is 11.3 Å². The van der Waals surface area contributed by atoms with Crippen LogP contribution in [0.15, 0.2) is 76.6 Å². The lowest BCUT2D eigenvalue weighted by atomic mass is 10.2. The minimum atomic E-state index is -0.411. The highest BCUT2D eigenvalue weighted by molar-refractivity contribution is 8.26. The molecule has 1 saturated heterocycles. The normalized spacial score (nSPS) is 14.6. The molecule has 0 spiro atoms. The van der Waals surface area contributed by atoms with Gasteiger partial charge >= 0.3 is 0 Å². The van der Waals surface area contributed by atoms with Gasteiger partial charge in [-0.25, -0.2) is 0 Å². The first-order chi connectivity index (χ1) is 17.8. The number of carbonyl (C=O) groups excluding carboxylic acids is 1. The quantitative estimate of drug-likeness (QED) is 0.202. The van der Waals surface area contributed by atoms with Gasteiger partial charge in [-0.1, -0.05) is 65.4 Å². The number of thiocarbonyl (C=S) groups is 1. The van der Waals surface area contributed by atoms with Crippen molar-refractivity contribution in [3.05, 3.63) is 103 Å². The molecule has 7 nitrogen and oxygen atoms in total. The van der Waals surface area contributed by atoms with E-state index in [-0.39, 0.29) is 39.6 Å². The van der Waals surface area contributed by atoms with Crippen molar-refractivity contribution in [3.8, 4) is 17.4 Å². The van der Waals surface area contributed by atoms with Crippen LogP contribution in [0, 0.1) is 0 Å². The third-order valence-corrected chi connectivity index (χ3v) is 7.39. The molecule has 0 bridgehead atoms. The van der Waals surface area contributed by atoms with E-state index < -0.39 is 5.56 Å². The number of carbonyl (C=O) groups is 1. The lowest BCUT2D eigenvalue weighted by molar-refractivity contribution is -0.122. The zero-order valence-electron chi connectivity index (χ0n) is 19.2. The van der Waals surface area contributed by atoms with E-state index in [9.17, 15) is 9.59 Å². The Hall–Kier alpha value is -3.37. The van der Waals surface area contributed by atoms with Gasteiger partial charge in [0.05, 0.1) is 23.6 Å². The second-order valence-electron chi connectivity index (χ2n) is 7.86. The molecule has 37 heavy (non-hydrogen) atoms. The van der Waals surface area contributed by atoms with Crippen LogP contribution in [0.25, 0.3) is 11.7 Å². The molecule has 1 aliphatic rings. The molecule has 2 aromatic carbocycles. The summed E-state index contributed by atoms with van der Waals surface area (Å²) < 4.78 is 12.9. The van der Waals surface area contributed by atoms with Crippen LogP contribution in [0.4, 0.5) is 0 Å². The van der Waals surface area contributed by atoms with E-state index in [0.717, 1.165) is 17.3 Å². The second kappa shape index (κ2) is 10.5. The van der Waals surface area contributed by atoms with Gasteiger partial charge in [-0.15, -0.1) is 0 Å². The van der Waals surface area contributed by atoms with Crippen LogP contribution in [0.1, 0.15) is 11.1 Å². The summed E-state index contributed by atoms with van der Waals surface area (Å²) in [6.45, 7) is 0.282. The zero-order chi connectivity index (χ0) is 26.1. The van der Waals surface area contributed by atoms with Crippen molar-refractivity contribution in [2.24, 2.45) is 0 Å². The number of fused-ring (bicyclic) bond motifs is 1. The number of rotatable bonds is 6. The Labute approximate surface area is 231 Å². The number of nitrogens with zero attached hydrogens (tertiary/aromatic N) is 3. The molecule has 0 atom stereocenters. The summed E-state index contributed by atoms with van der Waals surface area (Å²) in [5.74, 6) is 0.659. The number of hydrogen-bond acceptors (Lipinski definition) is 7. The van der Waals surface area contributed by atoms with Crippen molar-refractivity contribution in [2.45, 2.75) is 6.54 Å². The third kappa shape index (κ3) is 5.21. The highest BCUT2D eigenvalue weighted by atomic mass is 35.5. The smallest absolute Gasteiger partial charge is 0.269 e. The van der Waals surface area contributed by atoms with E-state index in [1.54, 1.807) is 43.6 Å². The summed E-state index contributed by atoms with van der Waals surface area (Å²) in [5.41, 5.74) is 0.926. The van der Waals surface area contributed by atoms with Crippen molar-refractivity contribution in [3.63, 3.8) is 0 Å². The van der Waals surface area contributed by atoms with Gasteiger partial charge in [0.2, 0.25) is 5.88 Å². The number of methoxy groups -OCH3 is 1. The molecular weight excluding hydrogens is 553 g/mol. The minimum absolute atomic E-state index is 0.000783. The molecular formula is C26H17Cl2N3O4S2. The van der Waals surface area contributed by atoms with Gasteiger partial charge in [0.1, 0.15) is 27.0 Å². The second-order valence-corrected chi connectivity index (χ2v) is 10.4. The summed E-state index contributed by atoms with van der Waals surface area (Å²) in [6.07, 6.45) is 3.05. The number of benzene rings is 2. The number of pyridine rings is 1. The predicted octanol–water partition coefficient (Wildman–Crippen LogP) is 6.20. The Balaban J connectivity index is 1.54. The molecule has 0 radical (unpaired) electrons. The van der Waals surface area contributed by atoms with Crippen LogP contribution >= 0.6 is 47.2 Å². The van der Waals surface area contributed by atoms with Crippen molar-refractivity contribution >= 4 is 69.1 Å². The molecule has 0 aliphatic carbocycles. The maximum absolute atomic E-state index is 13.5. The predicted molar refractivity (Wildman–Crippen MR) is 150 cm³/mol. The molecule has 0 unspecified atom stereocenters. The van der Waals surface area contributed by atoms with Gasteiger partial charge in [0.25, 0.3) is 11.5 Å². The number of halogens is 2. The third-order valence-electron chi connectivity index (χ3n) is 5.48. The van der Waals surface area contributed by atoms with Crippen molar-refractivity contribution < 1.29 is 14.3 Å². The van der Waals surface area contributed by atoms with Crippen LogP contribution in [0.3, 0.4) is 0 Å². The molecule has 1 aliphatic heterocycles. The number of thioether (sulfide) groups is 1. The van der Waals surface area contributed by atoms with Crippen LogP contribution in [-0.4, -0.2) is 31.6 Å². The fourth-order valence-corrected chi connectivity index (χ4v) is 5.31. The highest BCUT2D eigenvalue weighted by Gasteiger charge is 2.33. The van der Waals surface area contributed by atoms with Gasteiger partial charge in [-0.05, 0) is 54.1 Å². The van der Waals surface area contributed by atoms with Crippen molar-refractivity contribution in [1.82, 2.24) is 14.3 Å². The molecule has 0 N–H and O–H groups in total. The Morgan fingerprint density at radius 3 is 2.59 bits per heavy atom. The van der Waals surface area contributed by atoms with Gasteiger partial charge < -0.3 is 9.47 Å². The topological polar surface area (TPSA) is 73.1 Å². The molecule has 11 heteroatoms. The summed E-state index contributed by atoms with van der Waals surface area (Å²) in [6, 6.07) is 17.2. The maximum Gasteiger partial charge on any atom is 0.269 e. The molecule has 0 saturated carbocycles. The number of aromatic nitrogens is 2. The molecule has 1 amide bonds. The monoisotopic (exact) mass is 569 g/mol. The van der Waals surface area contributed by atoms with Crippen LogP contribution in [0.5, 0.6) is 17.4 Å². The number of ether oxygens (including phenoxy) is 2. The van der Waals surface area contributed by atoms with Crippen molar-refractivity contribution in [2.75, 3.05) is 7.11 Å². The highest BCUT2D eigenvalue weighted by Crippen LogP contribution is 2.36. The zero-order valence-corrected chi connectivity index (χ0v) is 22.3. The van der Waals surface area contributed by atoms with E-state index in [2.05, 4.69) is 4.98 Å². The van der Waals surface area contributed by atoms with Gasteiger partial charge in [-0.3, -0.25) is 18.9 Å². The van der Waals surface area contributed by atoms with E-state index >= 15 is 0 Å². The van der Waals surface area contributed by atoms with E-state index in [0.29, 0.717) is 20.7 Å². The fourth-order valence-electron chi connectivity index (χ4n) is 3.63. The van der Waals surface area contributed by atoms with Gasteiger partial charge in [0, 0.05) is 11.2 Å². The van der Waals surface area contributed by atoms with E-state index in [4.69, 9.17) is 44.9 Å². The maximum atomic E-state index is 13.5. The average molecular weight is 570 g/mol. The lowest BCUT2D eigenvalue weighted by Gasteiger charge is -2.14. The van der Waals surface area contributed by atoms with Gasteiger partial charge in [0.15, 0.2) is 0 Å². The fraction of sp³-hybridized carbons (Fsp3) is 0.0769. The molecule has 3 heterocycles. The SMILES string of the molecule is COc1ccc(CN2C(=O)/C(=C\c3c(Oc4ccc(Cl)cc4Cl)nc4ccccn4c3=O)SC2=S)cc1. The van der Waals surface area contributed by atoms with Gasteiger partial charge in [-0.2, -0.15) is 4.98 Å². The number of hydrogen-bond donors (Lipinski definition) is 0. The first kappa shape index (κ1) is 25.3. The largest absolute Gasteiger partial charge is 0.497 e. The van der Waals surface area contributed by atoms with Crippen molar-refractivity contribution in [1.29, 1.82) is 0 Å². The lowest BCUT2D eigenvalue weighted by Crippen LogP contribution is -2.27. The molecule has 5 rings (SSSR count). The average Bonchev–Trinajstić information content (AvgIpc) is 3.15. The molecule has 1 fully saturated rings. The number of amides is 1. The standard InChI is InChI=1S/C26H17Cl2N3O4S2/c1-34-17-8-5-15(6-9-17)14-31-25(33)21(37-26(31)36)13-18-23(35-20-10-7-16(27)12-19(20)28)29-22-4-2-3-11-30(22)24(18)32/h2-13H,14H2,1H3/b21-13+. The van der Waals surface area contributed by atoms with Crippen LogP contribution < -0.4 is 15.0 Å². The Morgan fingerprint density at radius 1 is 1.08 bits per heavy atom. The summed E-state index contributed by atoms with van der Waals surface area (Å²) >= 11 is 18.9. The Kier molecular flexibility index (Phi) is 7.21.